The van der Waals surface area contributed by atoms with Crippen molar-refractivity contribution in [2.45, 2.75) is 10.9 Å². The molecule has 0 radical (unpaired) electrons. The van der Waals surface area contributed by atoms with Crippen LogP contribution < -0.4 is 15.4 Å². The van der Waals surface area contributed by atoms with Gasteiger partial charge in [0.2, 0.25) is 5.91 Å². The van der Waals surface area contributed by atoms with E-state index < -0.39 is 22.0 Å². The normalized spacial score (nSPS) is 17.4. The van der Waals surface area contributed by atoms with Gasteiger partial charge in [0.1, 0.15) is 6.04 Å². The first-order valence-corrected chi connectivity index (χ1v) is 9.15. The molecule has 0 aliphatic carbocycles. The van der Waals surface area contributed by atoms with Gasteiger partial charge in [0.05, 0.1) is 26.3 Å². The molecule has 3 rings (SSSR count). The molecule has 0 saturated heterocycles. The number of halogens is 2. The van der Waals surface area contributed by atoms with Gasteiger partial charge in [0, 0.05) is 6.54 Å². The molecule has 1 aliphatic heterocycles. The molecule has 0 unspecified atom stereocenters. The molecule has 3 N–H and O–H groups in total. The van der Waals surface area contributed by atoms with Gasteiger partial charge in [-0.2, -0.15) is 0 Å². The second kappa shape index (κ2) is 6.25. The van der Waals surface area contributed by atoms with E-state index in [9.17, 15) is 13.2 Å². The smallest absolute Gasteiger partial charge is 0.265 e. The highest BCUT2D eigenvalue weighted by atomic mass is 35.5. The lowest BCUT2D eigenvalue weighted by molar-refractivity contribution is -0.117. The lowest BCUT2D eigenvalue weighted by Gasteiger charge is -2.36. The Morgan fingerprint density at radius 2 is 1.83 bits per heavy atom. The first-order valence-electron chi connectivity index (χ1n) is 6.95. The van der Waals surface area contributed by atoms with E-state index in [2.05, 4.69) is 5.32 Å². The van der Waals surface area contributed by atoms with Crippen molar-refractivity contribution >= 4 is 50.5 Å². The van der Waals surface area contributed by atoms with Crippen molar-refractivity contribution in [3.05, 3.63) is 52.5 Å². The van der Waals surface area contributed by atoms with Crippen LogP contribution in [0.5, 0.6) is 0 Å². The Kier molecular flexibility index (Phi) is 4.44. The summed E-state index contributed by atoms with van der Waals surface area (Å²) in [5.41, 5.74) is 6.40. The molecule has 1 aliphatic rings. The molecule has 0 aromatic heterocycles. The summed E-state index contributed by atoms with van der Waals surface area (Å²) in [5, 5.41) is 3.01. The van der Waals surface area contributed by atoms with Crippen molar-refractivity contribution in [3.63, 3.8) is 0 Å². The molecule has 0 spiro atoms. The van der Waals surface area contributed by atoms with Crippen LogP contribution in [0.4, 0.5) is 11.4 Å². The van der Waals surface area contributed by atoms with Gasteiger partial charge in [0.25, 0.3) is 10.0 Å². The third kappa shape index (κ3) is 2.73. The molecule has 0 bridgehead atoms. The van der Waals surface area contributed by atoms with Crippen LogP contribution >= 0.6 is 23.2 Å². The molecule has 2 aromatic carbocycles. The molecule has 126 valence electrons. The molecular formula is C15H13Cl2N3O3S. The second-order valence-corrected chi connectivity index (χ2v) is 7.76. The quantitative estimate of drug-likeness (QED) is 0.848. The summed E-state index contributed by atoms with van der Waals surface area (Å²) in [6.07, 6.45) is 0. The topological polar surface area (TPSA) is 92.5 Å². The fourth-order valence-electron chi connectivity index (χ4n) is 2.51. The lowest BCUT2D eigenvalue weighted by atomic mass is 10.1. The molecule has 1 heterocycles. The van der Waals surface area contributed by atoms with Gasteiger partial charge < -0.3 is 11.1 Å². The Hall–Kier alpha value is -1.80. The first-order chi connectivity index (χ1) is 11.4. The largest absolute Gasteiger partial charge is 0.328 e. The van der Waals surface area contributed by atoms with Gasteiger partial charge in [0.15, 0.2) is 0 Å². The predicted molar refractivity (Wildman–Crippen MR) is 94.0 cm³/mol. The highest BCUT2D eigenvalue weighted by Crippen LogP contribution is 2.37. The summed E-state index contributed by atoms with van der Waals surface area (Å²) in [5.74, 6) is -0.486. The van der Waals surface area contributed by atoms with E-state index in [1.165, 1.54) is 18.2 Å². The van der Waals surface area contributed by atoms with E-state index >= 15 is 0 Å². The van der Waals surface area contributed by atoms with Crippen LogP contribution in [-0.4, -0.2) is 26.9 Å². The maximum Gasteiger partial charge on any atom is 0.265 e. The minimum Gasteiger partial charge on any atom is -0.328 e. The SMILES string of the molecule is NC[C@@H]1C(=O)Nc2ccccc2N1S(=O)(=O)c1ccc(Cl)c(Cl)c1. The van der Waals surface area contributed by atoms with Gasteiger partial charge in [-0.25, -0.2) is 8.42 Å². The van der Waals surface area contributed by atoms with Gasteiger partial charge in [-0.15, -0.1) is 0 Å². The minimum absolute atomic E-state index is 0.0696. The van der Waals surface area contributed by atoms with Crippen LogP contribution in [0.3, 0.4) is 0 Å². The molecule has 1 amide bonds. The van der Waals surface area contributed by atoms with Crippen LogP contribution in [0.25, 0.3) is 0 Å². The number of sulfonamides is 1. The summed E-state index contributed by atoms with van der Waals surface area (Å²) in [7, 11) is -4.06. The van der Waals surface area contributed by atoms with Crippen LogP contribution in [0.2, 0.25) is 10.0 Å². The standard InChI is InChI=1S/C15H13Cl2N3O3S/c16-10-6-5-9(7-11(10)17)24(22,23)20-13-4-2-1-3-12(13)19-15(21)14(20)8-18/h1-7,14H,8,18H2,(H,19,21)/t14-/m1/s1. The number of anilines is 2. The van der Waals surface area contributed by atoms with Crippen molar-refractivity contribution in [2.24, 2.45) is 5.73 Å². The second-order valence-electron chi connectivity index (χ2n) is 5.13. The molecule has 0 saturated carbocycles. The highest BCUT2D eigenvalue weighted by molar-refractivity contribution is 7.93. The zero-order valence-corrected chi connectivity index (χ0v) is 14.6. The third-order valence-corrected chi connectivity index (χ3v) is 6.21. The molecule has 6 nitrogen and oxygen atoms in total. The monoisotopic (exact) mass is 385 g/mol. The average Bonchev–Trinajstić information content (AvgIpc) is 2.55. The number of amides is 1. The van der Waals surface area contributed by atoms with Gasteiger partial charge >= 0.3 is 0 Å². The molecule has 9 heteroatoms. The number of nitrogens with two attached hydrogens (primary N) is 1. The number of benzene rings is 2. The maximum atomic E-state index is 13.1. The number of hydrogen-bond acceptors (Lipinski definition) is 4. The number of fused-ring (bicyclic) bond motifs is 1. The number of carbonyl (C=O) groups excluding carboxylic acids is 1. The van der Waals surface area contributed by atoms with Crippen LogP contribution in [-0.2, 0) is 14.8 Å². The van der Waals surface area contributed by atoms with E-state index in [4.69, 9.17) is 28.9 Å². The molecule has 24 heavy (non-hydrogen) atoms. The number of nitrogens with one attached hydrogen (secondary N) is 1. The van der Waals surface area contributed by atoms with Crippen molar-refractivity contribution in [3.8, 4) is 0 Å². The predicted octanol–water partition coefficient (Wildman–Crippen LogP) is 2.47. The van der Waals surface area contributed by atoms with Crippen molar-refractivity contribution < 1.29 is 13.2 Å². The zero-order chi connectivity index (χ0) is 17.5. The number of rotatable bonds is 3. The van der Waals surface area contributed by atoms with Gasteiger partial charge in [-0.1, -0.05) is 35.3 Å². The zero-order valence-electron chi connectivity index (χ0n) is 12.2. The number of nitrogens with zero attached hydrogens (tertiary/aromatic N) is 1. The Balaban J connectivity index is 2.20. The van der Waals surface area contributed by atoms with E-state index in [-0.39, 0.29) is 21.5 Å². The molecular weight excluding hydrogens is 373 g/mol. The van der Waals surface area contributed by atoms with Crippen molar-refractivity contribution in [1.82, 2.24) is 0 Å². The summed E-state index contributed by atoms with van der Waals surface area (Å²) >= 11 is 11.8. The van der Waals surface area contributed by atoms with E-state index in [1.807, 2.05) is 0 Å². The first kappa shape index (κ1) is 17.0. The number of hydrogen-bond donors (Lipinski definition) is 2. The Morgan fingerprint density at radius 1 is 1.12 bits per heavy atom. The Bertz CT molecular complexity index is 918. The summed E-state index contributed by atoms with van der Waals surface area (Å²) < 4.78 is 27.3. The van der Waals surface area contributed by atoms with Crippen LogP contribution in [0.15, 0.2) is 47.4 Å². The maximum absolute atomic E-state index is 13.1. The summed E-state index contributed by atoms with van der Waals surface area (Å²) in [6, 6.07) is 9.54. The molecule has 1 atom stereocenters. The molecule has 0 fully saturated rings. The van der Waals surface area contributed by atoms with E-state index in [1.54, 1.807) is 24.3 Å². The fraction of sp³-hybridized carbons (Fsp3) is 0.133. The minimum atomic E-state index is -4.06. The third-order valence-electron chi connectivity index (χ3n) is 3.66. The average molecular weight is 386 g/mol. The van der Waals surface area contributed by atoms with E-state index in [0.717, 1.165) is 4.31 Å². The van der Waals surface area contributed by atoms with Gasteiger partial charge in [-0.05, 0) is 30.3 Å². The van der Waals surface area contributed by atoms with Crippen molar-refractivity contribution in [1.29, 1.82) is 0 Å². The van der Waals surface area contributed by atoms with Gasteiger partial charge in [-0.3, -0.25) is 9.10 Å². The van der Waals surface area contributed by atoms with Crippen LogP contribution in [0.1, 0.15) is 0 Å². The Labute approximate surface area is 149 Å². The highest BCUT2D eigenvalue weighted by Gasteiger charge is 2.40. The summed E-state index contributed by atoms with van der Waals surface area (Å²) in [4.78, 5) is 12.2. The summed E-state index contributed by atoms with van der Waals surface area (Å²) in [6.45, 7) is -0.166. The number of carbonyl (C=O) groups is 1. The van der Waals surface area contributed by atoms with Crippen molar-refractivity contribution in [2.75, 3.05) is 16.2 Å². The Morgan fingerprint density at radius 3 is 2.50 bits per heavy atom. The lowest BCUT2D eigenvalue weighted by Crippen LogP contribution is -2.54. The van der Waals surface area contributed by atoms with E-state index in [0.29, 0.717) is 11.4 Å². The number of para-hydroxylation sites is 2. The fourth-order valence-corrected chi connectivity index (χ4v) is 4.54. The van der Waals surface area contributed by atoms with Crippen LogP contribution in [0, 0.1) is 0 Å². The molecule has 2 aromatic rings.